The first kappa shape index (κ1) is 16.6. The molecule has 0 aromatic carbocycles. The minimum atomic E-state index is -0.425. The molecular weight excluding hydrogens is 354 g/mol. The quantitative estimate of drug-likeness (QED) is 0.876. The summed E-state index contributed by atoms with van der Waals surface area (Å²) in [4.78, 5) is 31.0. The lowest BCUT2D eigenvalue weighted by Gasteiger charge is -2.40. The predicted octanol–water partition coefficient (Wildman–Crippen LogP) is 3.07. The van der Waals surface area contributed by atoms with Crippen molar-refractivity contribution in [2.24, 2.45) is 11.7 Å². The van der Waals surface area contributed by atoms with Gasteiger partial charge in [-0.2, -0.15) is 0 Å². The zero-order valence-electron chi connectivity index (χ0n) is 13.9. The van der Waals surface area contributed by atoms with Crippen LogP contribution in [0.15, 0.2) is 29.0 Å². The van der Waals surface area contributed by atoms with Crippen molar-refractivity contribution in [3.05, 3.63) is 44.3 Å². The molecular formula is C18H21N3O2S2. The van der Waals surface area contributed by atoms with E-state index in [4.69, 9.17) is 5.73 Å². The van der Waals surface area contributed by atoms with E-state index in [1.54, 1.807) is 27.6 Å². The molecule has 7 heteroatoms. The number of urea groups is 1. The Balaban J connectivity index is 1.62. The van der Waals surface area contributed by atoms with Crippen LogP contribution < -0.4 is 5.73 Å². The second-order valence-corrected chi connectivity index (χ2v) is 8.60. The Labute approximate surface area is 155 Å². The van der Waals surface area contributed by atoms with Gasteiger partial charge >= 0.3 is 6.03 Å². The number of piperidine rings is 1. The summed E-state index contributed by atoms with van der Waals surface area (Å²) < 4.78 is 0. The fourth-order valence-corrected chi connectivity index (χ4v) is 5.68. The van der Waals surface area contributed by atoms with Crippen LogP contribution in [-0.2, 0) is 11.2 Å². The number of primary amides is 1. The Bertz CT molecular complexity index is 771. The van der Waals surface area contributed by atoms with E-state index in [1.807, 2.05) is 11.0 Å². The van der Waals surface area contributed by atoms with Crippen molar-refractivity contribution >= 4 is 34.6 Å². The van der Waals surface area contributed by atoms with Crippen LogP contribution in [0.5, 0.6) is 0 Å². The number of hydrogen-bond acceptors (Lipinski definition) is 4. The van der Waals surface area contributed by atoms with Crippen LogP contribution >= 0.6 is 22.7 Å². The van der Waals surface area contributed by atoms with Crippen molar-refractivity contribution in [2.45, 2.75) is 25.3 Å². The second kappa shape index (κ2) is 6.80. The molecule has 25 heavy (non-hydrogen) atoms. The Hall–Kier alpha value is -1.86. The molecule has 0 spiro atoms. The molecule has 0 unspecified atom stereocenters. The Morgan fingerprint density at radius 2 is 2.04 bits per heavy atom. The molecule has 0 radical (unpaired) electrons. The summed E-state index contributed by atoms with van der Waals surface area (Å²) in [5, 5.41) is 4.18. The molecule has 4 heterocycles. The molecule has 2 N–H and O–H groups in total. The highest BCUT2D eigenvalue weighted by atomic mass is 32.1. The van der Waals surface area contributed by atoms with Crippen LogP contribution in [0.25, 0.3) is 0 Å². The lowest BCUT2D eigenvalue weighted by molar-refractivity contribution is -0.139. The fraction of sp³-hybridized carbons (Fsp3) is 0.444. The van der Waals surface area contributed by atoms with Gasteiger partial charge in [0.05, 0.1) is 12.0 Å². The van der Waals surface area contributed by atoms with Gasteiger partial charge in [0.1, 0.15) is 0 Å². The molecule has 1 fully saturated rings. The molecule has 5 nitrogen and oxygen atoms in total. The Kier molecular flexibility index (Phi) is 4.52. The number of rotatable bonds is 2. The van der Waals surface area contributed by atoms with Gasteiger partial charge in [0.2, 0.25) is 5.91 Å². The van der Waals surface area contributed by atoms with Crippen LogP contribution in [0.2, 0.25) is 0 Å². The lowest BCUT2D eigenvalue weighted by atomic mass is 9.92. The van der Waals surface area contributed by atoms with Crippen LogP contribution in [0.1, 0.15) is 34.2 Å². The molecule has 4 rings (SSSR count). The molecule has 2 aromatic heterocycles. The monoisotopic (exact) mass is 375 g/mol. The van der Waals surface area contributed by atoms with Gasteiger partial charge < -0.3 is 15.5 Å². The van der Waals surface area contributed by atoms with E-state index in [1.165, 1.54) is 15.3 Å². The summed E-state index contributed by atoms with van der Waals surface area (Å²) in [5.74, 6) is 0.00472. The van der Waals surface area contributed by atoms with Gasteiger partial charge in [-0.05, 0) is 47.7 Å². The van der Waals surface area contributed by atoms with E-state index in [2.05, 4.69) is 22.9 Å². The highest BCUT2D eigenvalue weighted by molar-refractivity contribution is 7.10. The maximum absolute atomic E-state index is 13.3. The van der Waals surface area contributed by atoms with E-state index >= 15 is 0 Å². The molecule has 2 aromatic rings. The second-order valence-electron chi connectivity index (χ2n) is 6.62. The summed E-state index contributed by atoms with van der Waals surface area (Å²) in [6, 6.07) is 5.88. The first-order valence-electron chi connectivity index (χ1n) is 8.59. The van der Waals surface area contributed by atoms with Gasteiger partial charge in [0.25, 0.3) is 0 Å². The average Bonchev–Trinajstić information content (AvgIpc) is 3.31. The number of carbonyl (C=O) groups is 2. The van der Waals surface area contributed by atoms with Crippen LogP contribution in [0, 0.1) is 5.92 Å². The number of carbonyl (C=O) groups excluding carboxylic acids is 2. The highest BCUT2D eigenvalue weighted by Crippen LogP contribution is 2.40. The van der Waals surface area contributed by atoms with E-state index in [0.717, 1.165) is 25.8 Å². The van der Waals surface area contributed by atoms with E-state index in [-0.39, 0.29) is 17.9 Å². The van der Waals surface area contributed by atoms with Crippen molar-refractivity contribution in [3.8, 4) is 0 Å². The van der Waals surface area contributed by atoms with Gasteiger partial charge in [-0.3, -0.25) is 4.79 Å². The number of nitrogens with two attached hydrogens (primary N) is 1. The summed E-state index contributed by atoms with van der Waals surface area (Å²) in [7, 11) is 0. The molecule has 132 valence electrons. The third-order valence-electron chi connectivity index (χ3n) is 5.14. The minimum absolute atomic E-state index is 0.00598. The molecule has 3 amide bonds. The number of thiophene rings is 2. The average molecular weight is 376 g/mol. The van der Waals surface area contributed by atoms with Crippen molar-refractivity contribution in [1.82, 2.24) is 9.80 Å². The zero-order chi connectivity index (χ0) is 17.4. The molecule has 2 aliphatic rings. The molecule has 0 bridgehead atoms. The smallest absolute Gasteiger partial charge is 0.314 e. The maximum Gasteiger partial charge on any atom is 0.314 e. The van der Waals surface area contributed by atoms with Crippen LogP contribution in [0.4, 0.5) is 4.79 Å². The largest absolute Gasteiger partial charge is 0.351 e. The standard InChI is InChI=1S/C18H21N3O2S2/c19-18(23)20-7-1-3-12(11-20)17(22)21-8-5-14-13(6-10-25-14)16(21)15-4-2-9-24-15/h2,4,6,9-10,12,16H,1,3,5,7-8,11H2,(H2,19,23)/t12-,16+/m1/s1. The summed E-state index contributed by atoms with van der Waals surface area (Å²) in [6.07, 6.45) is 2.57. The van der Waals surface area contributed by atoms with Gasteiger partial charge in [0.15, 0.2) is 0 Å². The highest BCUT2D eigenvalue weighted by Gasteiger charge is 2.38. The molecule has 2 aliphatic heterocycles. The van der Waals surface area contributed by atoms with Crippen LogP contribution in [-0.4, -0.2) is 41.4 Å². The van der Waals surface area contributed by atoms with Crippen molar-refractivity contribution in [1.29, 1.82) is 0 Å². The molecule has 0 saturated carbocycles. The molecule has 2 atom stereocenters. The SMILES string of the molecule is NC(=O)N1CCC[C@@H](C(=O)N2CCc3sccc3[C@H]2c2cccs2)C1. The first-order valence-corrected chi connectivity index (χ1v) is 10.4. The van der Waals surface area contributed by atoms with E-state index < -0.39 is 6.03 Å². The topological polar surface area (TPSA) is 66.6 Å². The molecule has 1 saturated heterocycles. The van der Waals surface area contributed by atoms with Gasteiger partial charge in [-0.25, -0.2) is 4.79 Å². The van der Waals surface area contributed by atoms with Gasteiger partial charge in [-0.15, -0.1) is 22.7 Å². The first-order chi connectivity index (χ1) is 12.1. The fourth-order valence-electron chi connectivity index (χ4n) is 3.92. The third-order valence-corrected chi connectivity index (χ3v) is 7.07. The molecule has 0 aliphatic carbocycles. The lowest BCUT2D eigenvalue weighted by Crippen LogP contribution is -2.50. The summed E-state index contributed by atoms with van der Waals surface area (Å²) in [5.41, 5.74) is 6.69. The van der Waals surface area contributed by atoms with Crippen molar-refractivity contribution < 1.29 is 9.59 Å². The number of amides is 3. The number of nitrogens with zero attached hydrogens (tertiary/aromatic N) is 2. The normalized spacial score (nSPS) is 23.4. The Morgan fingerprint density at radius 3 is 2.80 bits per heavy atom. The Morgan fingerprint density at radius 1 is 1.16 bits per heavy atom. The van der Waals surface area contributed by atoms with Gasteiger partial charge in [-0.1, -0.05) is 6.07 Å². The third kappa shape index (κ3) is 3.06. The number of likely N-dealkylation sites (tertiary alicyclic amines) is 1. The minimum Gasteiger partial charge on any atom is -0.351 e. The van der Waals surface area contributed by atoms with Gasteiger partial charge in [0, 0.05) is 29.4 Å². The maximum atomic E-state index is 13.3. The summed E-state index contributed by atoms with van der Waals surface area (Å²) >= 11 is 3.47. The van der Waals surface area contributed by atoms with Crippen molar-refractivity contribution in [3.63, 3.8) is 0 Å². The summed E-state index contributed by atoms with van der Waals surface area (Å²) in [6.45, 7) is 1.84. The zero-order valence-corrected chi connectivity index (χ0v) is 15.5. The van der Waals surface area contributed by atoms with Crippen molar-refractivity contribution in [2.75, 3.05) is 19.6 Å². The van der Waals surface area contributed by atoms with E-state index in [0.29, 0.717) is 13.1 Å². The number of fused-ring (bicyclic) bond motifs is 1. The van der Waals surface area contributed by atoms with Crippen LogP contribution in [0.3, 0.4) is 0 Å². The predicted molar refractivity (Wildman–Crippen MR) is 99.8 cm³/mol. The van der Waals surface area contributed by atoms with E-state index in [9.17, 15) is 9.59 Å². The number of hydrogen-bond donors (Lipinski definition) is 1.